The van der Waals surface area contributed by atoms with E-state index in [1.807, 2.05) is 30.5 Å². The highest BCUT2D eigenvalue weighted by molar-refractivity contribution is 7.21. The summed E-state index contributed by atoms with van der Waals surface area (Å²) in [6.07, 6.45) is 3.42. The molecule has 0 saturated heterocycles. The van der Waals surface area contributed by atoms with Crippen LogP contribution in [0.2, 0.25) is 0 Å². The second kappa shape index (κ2) is 6.37. The van der Waals surface area contributed by atoms with Crippen molar-refractivity contribution in [2.75, 3.05) is 21.3 Å². The second-order valence-electron chi connectivity index (χ2n) is 4.91. The Morgan fingerprint density at radius 3 is 2.38 bits per heavy atom. The molecule has 1 aromatic carbocycles. The first-order valence-electron chi connectivity index (χ1n) is 7.05. The fourth-order valence-corrected chi connectivity index (χ4v) is 3.66. The standard InChI is InChI=1S/C17H15NO5S/c1-21-12-7-5-4-6-10(12)13-9-18-8-11(16(19)22-2)14(15(18)24-13)17(20)23-3/h4-9H,1-3H3. The minimum Gasteiger partial charge on any atom is -0.496 e. The Labute approximate surface area is 142 Å². The van der Waals surface area contributed by atoms with E-state index in [2.05, 4.69) is 0 Å². The van der Waals surface area contributed by atoms with Crippen molar-refractivity contribution in [1.82, 2.24) is 4.40 Å². The number of rotatable bonds is 4. The molecule has 24 heavy (non-hydrogen) atoms. The Morgan fingerprint density at radius 2 is 1.71 bits per heavy atom. The number of esters is 2. The van der Waals surface area contributed by atoms with Gasteiger partial charge >= 0.3 is 11.9 Å². The zero-order valence-electron chi connectivity index (χ0n) is 13.4. The van der Waals surface area contributed by atoms with Crippen LogP contribution in [-0.2, 0) is 9.47 Å². The first-order valence-corrected chi connectivity index (χ1v) is 7.86. The molecule has 0 aliphatic rings. The van der Waals surface area contributed by atoms with Gasteiger partial charge in [0.05, 0.1) is 31.8 Å². The molecular formula is C17H15NO5S. The Balaban J connectivity index is 2.21. The highest BCUT2D eigenvalue weighted by atomic mass is 32.1. The highest BCUT2D eigenvalue weighted by Gasteiger charge is 2.26. The lowest BCUT2D eigenvalue weighted by molar-refractivity contribution is 0.0558. The van der Waals surface area contributed by atoms with Crippen molar-refractivity contribution in [3.8, 4) is 16.2 Å². The Bertz CT molecular complexity index is 924. The number of carbonyl (C=O) groups excluding carboxylic acids is 2. The van der Waals surface area contributed by atoms with Crippen LogP contribution in [0.5, 0.6) is 5.75 Å². The van der Waals surface area contributed by atoms with Crippen molar-refractivity contribution in [2.24, 2.45) is 0 Å². The zero-order valence-corrected chi connectivity index (χ0v) is 14.2. The SMILES string of the molecule is COC(=O)c1cn2cc(-c3ccccc3OC)sc2c1C(=O)OC. The third-order valence-electron chi connectivity index (χ3n) is 3.62. The number of ether oxygens (including phenoxy) is 3. The highest BCUT2D eigenvalue weighted by Crippen LogP contribution is 2.37. The average molecular weight is 345 g/mol. The molecule has 7 heteroatoms. The third-order valence-corrected chi connectivity index (χ3v) is 4.77. The van der Waals surface area contributed by atoms with E-state index in [9.17, 15) is 9.59 Å². The lowest BCUT2D eigenvalue weighted by atomic mass is 10.2. The largest absolute Gasteiger partial charge is 0.496 e. The van der Waals surface area contributed by atoms with E-state index in [4.69, 9.17) is 14.2 Å². The number of para-hydroxylation sites is 1. The molecule has 0 spiro atoms. The maximum atomic E-state index is 12.1. The van der Waals surface area contributed by atoms with Gasteiger partial charge in [-0.2, -0.15) is 0 Å². The zero-order chi connectivity index (χ0) is 17.3. The van der Waals surface area contributed by atoms with Crippen molar-refractivity contribution in [3.05, 3.63) is 47.8 Å². The van der Waals surface area contributed by atoms with Crippen molar-refractivity contribution >= 4 is 28.1 Å². The molecule has 0 aliphatic heterocycles. The maximum absolute atomic E-state index is 12.1. The van der Waals surface area contributed by atoms with Gasteiger partial charge in [0.15, 0.2) is 0 Å². The number of nitrogens with zero attached hydrogens (tertiary/aromatic N) is 1. The lowest BCUT2D eigenvalue weighted by Gasteiger charge is -2.05. The van der Waals surface area contributed by atoms with Crippen LogP contribution >= 0.6 is 11.3 Å². The van der Waals surface area contributed by atoms with E-state index < -0.39 is 11.9 Å². The number of hydrogen-bond acceptors (Lipinski definition) is 6. The van der Waals surface area contributed by atoms with Crippen molar-refractivity contribution in [1.29, 1.82) is 0 Å². The van der Waals surface area contributed by atoms with Gasteiger partial charge in [-0.1, -0.05) is 12.1 Å². The quantitative estimate of drug-likeness (QED) is 0.679. The van der Waals surface area contributed by atoms with Gasteiger partial charge in [0.2, 0.25) is 0 Å². The number of carbonyl (C=O) groups is 2. The van der Waals surface area contributed by atoms with E-state index in [1.54, 1.807) is 17.7 Å². The fraction of sp³-hybridized carbons (Fsp3) is 0.176. The minimum atomic E-state index is -0.579. The van der Waals surface area contributed by atoms with E-state index in [0.717, 1.165) is 16.2 Å². The number of fused-ring (bicyclic) bond motifs is 1. The van der Waals surface area contributed by atoms with Gasteiger partial charge < -0.3 is 18.6 Å². The van der Waals surface area contributed by atoms with Gasteiger partial charge in [0, 0.05) is 18.0 Å². The molecule has 0 saturated carbocycles. The van der Waals surface area contributed by atoms with Crippen LogP contribution in [0.15, 0.2) is 36.7 Å². The van der Waals surface area contributed by atoms with Crippen LogP contribution in [0.1, 0.15) is 20.7 Å². The van der Waals surface area contributed by atoms with E-state index in [1.165, 1.54) is 25.6 Å². The van der Waals surface area contributed by atoms with Gasteiger partial charge in [-0.05, 0) is 12.1 Å². The summed E-state index contributed by atoms with van der Waals surface area (Å²) in [5.41, 5.74) is 1.29. The number of methoxy groups -OCH3 is 3. The van der Waals surface area contributed by atoms with Crippen LogP contribution in [0.4, 0.5) is 0 Å². The summed E-state index contributed by atoms with van der Waals surface area (Å²) in [6, 6.07) is 7.60. The molecule has 0 aliphatic carbocycles. The molecule has 0 N–H and O–H groups in total. The molecule has 6 nitrogen and oxygen atoms in total. The predicted octanol–water partition coefficient (Wildman–Crippen LogP) is 3.25. The van der Waals surface area contributed by atoms with Crippen LogP contribution in [0.25, 0.3) is 15.3 Å². The van der Waals surface area contributed by atoms with E-state index in [0.29, 0.717) is 4.83 Å². The summed E-state index contributed by atoms with van der Waals surface area (Å²) in [6.45, 7) is 0. The summed E-state index contributed by atoms with van der Waals surface area (Å²) in [4.78, 5) is 25.6. The summed E-state index contributed by atoms with van der Waals surface area (Å²) in [5, 5.41) is 0. The normalized spacial score (nSPS) is 10.6. The Hall–Kier alpha value is -2.80. The molecule has 124 valence electrons. The van der Waals surface area contributed by atoms with Crippen molar-refractivity contribution in [3.63, 3.8) is 0 Å². The molecule has 2 aromatic heterocycles. The van der Waals surface area contributed by atoms with Gasteiger partial charge in [0.25, 0.3) is 0 Å². The smallest absolute Gasteiger partial charge is 0.341 e. The van der Waals surface area contributed by atoms with Gasteiger partial charge in [0.1, 0.15) is 16.1 Å². The molecule has 2 heterocycles. The maximum Gasteiger partial charge on any atom is 0.341 e. The molecule has 0 fully saturated rings. The Kier molecular flexibility index (Phi) is 4.26. The van der Waals surface area contributed by atoms with Gasteiger partial charge in [-0.15, -0.1) is 11.3 Å². The number of thiazole rings is 1. The second-order valence-corrected chi connectivity index (χ2v) is 5.94. The molecule has 0 amide bonds. The number of aromatic nitrogens is 1. The van der Waals surface area contributed by atoms with E-state index >= 15 is 0 Å². The van der Waals surface area contributed by atoms with Crippen molar-refractivity contribution in [2.45, 2.75) is 0 Å². The van der Waals surface area contributed by atoms with E-state index in [-0.39, 0.29) is 11.1 Å². The lowest BCUT2D eigenvalue weighted by Crippen LogP contribution is -2.09. The van der Waals surface area contributed by atoms with Gasteiger partial charge in [-0.25, -0.2) is 9.59 Å². The summed E-state index contributed by atoms with van der Waals surface area (Å²) < 4.78 is 16.7. The van der Waals surface area contributed by atoms with Gasteiger partial charge in [-0.3, -0.25) is 0 Å². The van der Waals surface area contributed by atoms with Crippen molar-refractivity contribution < 1.29 is 23.8 Å². The average Bonchev–Trinajstić information content (AvgIpc) is 3.17. The monoisotopic (exact) mass is 345 g/mol. The summed E-state index contributed by atoms with van der Waals surface area (Å²) >= 11 is 1.37. The fourth-order valence-electron chi connectivity index (χ4n) is 2.50. The molecule has 0 bridgehead atoms. The number of hydrogen-bond donors (Lipinski definition) is 0. The number of benzene rings is 1. The van der Waals surface area contributed by atoms with Crippen LogP contribution in [0, 0.1) is 0 Å². The molecule has 3 aromatic rings. The van der Waals surface area contributed by atoms with Crippen LogP contribution in [-0.4, -0.2) is 37.7 Å². The first-order chi connectivity index (χ1) is 11.6. The molecule has 0 atom stereocenters. The van der Waals surface area contributed by atoms with Crippen LogP contribution < -0.4 is 4.74 Å². The molecule has 0 unspecified atom stereocenters. The first kappa shape index (κ1) is 16.1. The minimum absolute atomic E-state index is 0.183. The predicted molar refractivity (Wildman–Crippen MR) is 89.9 cm³/mol. The summed E-state index contributed by atoms with van der Waals surface area (Å²) in [5.74, 6) is -0.425. The summed E-state index contributed by atoms with van der Waals surface area (Å²) in [7, 11) is 4.16. The molecular weight excluding hydrogens is 330 g/mol. The topological polar surface area (TPSA) is 66.2 Å². The van der Waals surface area contributed by atoms with Crippen LogP contribution in [0.3, 0.4) is 0 Å². The third kappa shape index (κ3) is 2.52. The molecule has 3 rings (SSSR count). The molecule has 0 radical (unpaired) electrons. The Morgan fingerprint density at radius 1 is 1.00 bits per heavy atom.